The quantitative estimate of drug-likeness (QED) is 0.905. The predicted octanol–water partition coefficient (Wildman–Crippen LogP) is 2.75. The minimum atomic E-state index is -0.767. The van der Waals surface area contributed by atoms with Gasteiger partial charge in [-0.25, -0.2) is 4.39 Å². The van der Waals surface area contributed by atoms with E-state index in [2.05, 4.69) is 0 Å². The minimum absolute atomic E-state index is 0.0294. The first kappa shape index (κ1) is 14.0. The van der Waals surface area contributed by atoms with Gasteiger partial charge in [0, 0.05) is 25.2 Å². The second-order valence-corrected chi connectivity index (χ2v) is 6.06. The Balaban J connectivity index is 1.79. The fourth-order valence-electron chi connectivity index (χ4n) is 3.34. The highest BCUT2D eigenvalue weighted by Crippen LogP contribution is 2.41. The van der Waals surface area contributed by atoms with E-state index in [4.69, 9.17) is 9.47 Å². The van der Waals surface area contributed by atoms with Crippen LogP contribution in [0.15, 0.2) is 18.2 Å². The van der Waals surface area contributed by atoms with Crippen LogP contribution in [0.4, 0.5) is 4.39 Å². The number of benzene rings is 1. The van der Waals surface area contributed by atoms with Gasteiger partial charge < -0.3 is 14.6 Å². The molecule has 2 fully saturated rings. The van der Waals surface area contributed by atoms with Gasteiger partial charge in [-0.3, -0.25) is 0 Å². The molecule has 2 heterocycles. The van der Waals surface area contributed by atoms with Crippen molar-refractivity contribution in [2.45, 2.75) is 37.9 Å². The maximum Gasteiger partial charge on any atom is 0.129 e. The summed E-state index contributed by atoms with van der Waals surface area (Å²) in [5.41, 5.74) is 1.11. The van der Waals surface area contributed by atoms with Crippen LogP contribution in [0.2, 0.25) is 0 Å². The fourth-order valence-corrected chi connectivity index (χ4v) is 3.34. The van der Waals surface area contributed by atoms with Gasteiger partial charge in [-0.05, 0) is 31.7 Å². The standard InChI is InChI=1S/C16H21FO3/c1-11-2-3-14(17)13(8-11)15(18)12-4-6-20-16(9-12)5-7-19-10-16/h2-3,8,12,15,18H,4-7,9-10H2,1H3. The minimum Gasteiger partial charge on any atom is -0.388 e. The Kier molecular flexibility index (Phi) is 3.80. The maximum absolute atomic E-state index is 13.9. The molecule has 1 N–H and O–H groups in total. The lowest BCUT2D eigenvalue weighted by atomic mass is 9.80. The number of aryl methyl sites for hydroxylation is 1. The van der Waals surface area contributed by atoms with Gasteiger partial charge in [0.15, 0.2) is 0 Å². The molecule has 0 amide bonds. The van der Waals surface area contributed by atoms with Crippen LogP contribution in [-0.4, -0.2) is 30.5 Å². The van der Waals surface area contributed by atoms with Crippen molar-refractivity contribution in [2.75, 3.05) is 19.8 Å². The average molecular weight is 280 g/mol. The Labute approximate surface area is 118 Å². The predicted molar refractivity (Wildman–Crippen MR) is 72.9 cm³/mol. The molecule has 110 valence electrons. The molecule has 3 atom stereocenters. The summed E-state index contributed by atoms with van der Waals surface area (Å²) in [7, 11) is 0. The number of rotatable bonds is 2. The van der Waals surface area contributed by atoms with E-state index in [1.54, 1.807) is 12.1 Å². The molecule has 1 aromatic carbocycles. The second kappa shape index (κ2) is 5.43. The Bertz CT molecular complexity index is 483. The third-order valence-corrected chi connectivity index (χ3v) is 4.51. The van der Waals surface area contributed by atoms with Crippen LogP contribution in [0.3, 0.4) is 0 Å². The maximum atomic E-state index is 13.9. The lowest BCUT2D eigenvalue weighted by Gasteiger charge is -2.39. The van der Waals surface area contributed by atoms with E-state index in [1.807, 2.05) is 6.92 Å². The summed E-state index contributed by atoms with van der Waals surface area (Å²) in [5.74, 6) is -0.298. The molecule has 1 spiro atoms. The third-order valence-electron chi connectivity index (χ3n) is 4.51. The number of hydrogen-bond acceptors (Lipinski definition) is 3. The first-order valence-electron chi connectivity index (χ1n) is 7.25. The molecular formula is C16H21FO3. The van der Waals surface area contributed by atoms with Gasteiger partial charge in [-0.15, -0.1) is 0 Å². The van der Waals surface area contributed by atoms with Crippen molar-refractivity contribution < 1.29 is 19.0 Å². The monoisotopic (exact) mass is 280 g/mol. The number of aliphatic hydroxyl groups is 1. The highest BCUT2D eigenvalue weighted by Gasteiger charge is 2.43. The number of aliphatic hydroxyl groups excluding tert-OH is 1. The van der Waals surface area contributed by atoms with E-state index in [0.717, 1.165) is 24.8 Å². The first-order chi connectivity index (χ1) is 9.60. The summed E-state index contributed by atoms with van der Waals surface area (Å²) in [6.07, 6.45) is 1.60. The Hall–Kier alpha value is -0.970. The molecule has 2 saturated heterocycles. The molecule has 3 unspecified atom stereocenters. The molecule has 4 heteroatoms. The summed E-state index contributed by atoms with van der Waals surface area (Å²) < 4.78 is 25.2. The Morgan fingerprint density at radius 3 is 3.00 bits per heavy atom. The average Bonchev–Trinajstić information content (AvgIpc) is 2.88. The zero-order valence-electron chi connectivity index (χ0n) is 11.8. The van der Waals surface area contributed by atoms with Crippen LogP contribution in [0.25, 0.3) is 0 Å². The van der Waals surface area contributed by atoms with Gasteiger partial charge in [0.2, 0.25) is 0 Å². The van der Waals surface area contributed by atoms with Crippen molar-refractivity contribution in [2.24, 2.45) is 5.92 Å². The Morgan fingerprint density at radius 2 is 2.25 bits per heavy atom. The fraction of sp³-hybridized carbons (Fsp3) is 0.625. The molecule has 1 aromatic rings. The van der Waals surface area contributed by atoms with Crippen LogP contribution < -0.4 is 0 Å². The zero-order valence-corrected chi connectivity index (χ0v) is 11.8. The van der Waals surface area contributed by atoms with Gasteiger partial charge in [0.25, 0.3) is 0 Å². The third kappa shape index (κ3) is 2.60. The Morgan fingerprint density at radius 1 is 1.40 bits per heavy atom. The van der Waals surface area contributed by atoms with Gasteiger partial charge >= 0.3 is 0 Å². The normalized spacial score (nSPS) is 31.6. The molecule has 2 aliphatic heterocycles. The summed E-state index contributed by atoms with van der Waals surface area (Å²) in [5, 5.41) is 10.6. The summed E-state index contributed by atoms with van der Waals surface area (Å²) >= 11 is 0. The highest BCUT2D eigenvalue weighted by molar-refractivity contribution is 5.26. The topological polar surface area (TPSA) is 38.7 Å². The van der Waals surface area contributed by atoms with Crippen LogP contribution in [-0.2, 0) is 9.47 Å². The molecule has 0 aliphatic carbocycles. The number of halogens is 1. The van der Waals surface area contributed by atoms with Crippen LogP contribution in [0.5, 0.6) is 0 Å². The summed E-state index contributed by atoms with van der Waals surface area (Å²) in [4.78, 5) is 0. The number of ether oxygens (including phenoxy) is 2. The molecule has 0 saturated carbocycles. The van der Waals surface area contributed by atoms with Crippen LogP contribution >= 0.6 is 0 Å². The van der Waals surface area contributed by atoms with Crippen molar-refractivity contribution in [3.05, 3.63) is 35.1 Å². The van der Waals surface area contributed by atoms with Crippen molar-refractivity contribution in [3.8, 4) is 0 Å². The van der Waals surface area contributed by atoms with Crippen molar-refractivity contribution >= 4 is 0 Å². The van der Waals surface area contributed by atoms with Crippen LogP contribution in [0.1, 0.15) is 36.5 Å². The molecule has 3 rings (SSSR count). The van der Waals surface area contributed by atoms with E-state index in [-0.39, 0.29) is 17.3 Å². The SMILES string of the molecule is Cc1ccc(F)c(C(O)C2CCOC3(CCOC3)C2)c1. The van der Waals surface area contributed by atoms with E-state index >= 15 is 0 Å². The van der Waals surface area contributed by atoms with E-state index in [9.17, 15) is 9.50 Å². The van der Waals surface area contributed by atoms with Gasteiger partial charge in [0.1, 0.15) is 5.82 Å². The van der Waals surface area contributed by atoms with E-state index in [1.165, 1.54) is 6.07 Å². The molecule has 0 radical (unpaired) electrons. The second-order valence-electron chi connectivity index (χ2n) is 6.06. The van der Waals surface area contributed by atoms with Crippen LogP contribution in [0, 0.1) is 18.7 Å². The van der Waals surface area contributed by atoms with Crippen molar-refractivity contribution in [3.63, 3.8) is 0 Å². The molecule has 20 heavy (non-hydrogen) atoms. The van der Waals surface area contributed by atoms with Gasteiger partial charge in [-0.2, -0.15) is 0 Å². The first-order valence-corrected chi connectivity index (χ1v) is 7.25. The van der Waals surface area contributed by atoms with Crippen molar-refractivity contribution in [1.29, 1.82) is 0 Å². The zero-order chi connectivity index (χ0) is 14.2. The lowest BCUT2D eigenvalue weighted by molar-refractivity contribution is -0.117. The largest absolute Gasteiger partial charge is 0.388 e. The van der Waals surface area contributed by atoms with Gasteiger partial charge in [-0.1, -0.05) is 17.7 Å². The molecular weight excluding hydrogens is 259 g/mol. The van der Waals surface area contributed by atoms with E-state index < -0.39 is 6.10 Å². The molecule has 0 aromatic heterocycles. The van der Waals surface area contributed by atoms with E-state index in [0.29, 0.717) is 25.4 Å². The molecule has 0 bridgehead atoms. The molecule has 2 aliphatic rings. The lowest BCUT2D eigenvalue weighted by Crippen LogP contribution is -2.42. The van der Waals surface area contributed by atoms with Crippen molar-refractivity contribution in [1.82, 2.24) is 0 Å². The van der Waals surface area contributed by atoms with Gasteiger partial charge in [0.05, 0.1) is 18.3 Å². The number of hydrogen-bond donors (Lipinski definition) is 1. The summed E-state index contributed by atoms with van der Waals surface area (Å²) in [6.45, 7) is 3.82. The smallest absolute Gasteiger partial charge is 0.129 e. The highest BCUT2D eigenvalue weighted by atomic mass is 19.1. The summed E-state index contributed by atoms with van der Waals surface area (Å²) in [6, 6.07) is 4.90. The molecule has 3 nitrogen and oxygen atoms in total.